The Hall–Kier alpha value is -3.28. The van der Waals surface area contributed by atoms with E-state index in [2.05, 4.69) is 33.2 Å². The third-order valence-corrected chi connectivity index (χ3v) is 7.72. The van der Waals surface area contributed by atoms with Crippen LogP contribution in [0, 0.1) is 5.92 Å². The first-order valence-corrected chi connectivity index (χ1v) is 13.7. The van der Waals surface area contributed by atoms with Crippen LogP contribution in [0.3, 0.4) is 0 Å². The molecule has 0 saturated carbocycles. The molecule has 9 nitrogen and oxygen atoms in total. The van der Waals surface area contributed by atoms with Crippen LogP contribution in [0.25, 0.3) is 28.2 Å². The molecule has 39 heavy (non-hydrogen) atoms. The third-order valence-electron chi connectivity index (χ3n) is 7.72. The summed E-state index contributed by atoms with van der Waals surface area (Å²) in [4.78, 5) is 11.6. The van der Waals surface area contributed by atoms with Crippen molar-refractivity contribution in [3.63, 3.8) is 0 Å². The van der Waals surface area contributed by atoms with Gasteiger partial charge in [0.25, 0.3) is 0 Å². The Labute approximate surface area is 225 Å². The van der Waals surface area contributed by atoms with Gasteiger partial charge in [-0.3, -0.25) is 4.90 Å². The lowest BCUT2D eigenvalue weighted by molar-refractivity contribution is -0.0365. The molecule has 5 heterocycles. The minimum absolute atomic E-state index is 0.0555. The van der Waals surface area contributed by atoms with Crippen molar-refractivity contribution >= 4 is 10.9 Å². The van der Waals surface area contributed by atoms with Crippen molar-refractivity contribution in [3.8, 4) is 17.3 Å². The molecule has 2 aliphatic heterocycles. The maximum atomic E-state index is 13.1. The predicted molar refractivity (Wildman–Crippen MR) is 142 cm³/mol. The van der Waals surface area contributed by atoms with E-state index in [0.29, 0.717) is 62.8 Å². The highest BCUT2D eigenvalue weighted by Gasteiger charge is 2.27. The van der Waals surface area contributed by atoms with E-state index in [1.54, 1.807) is 23.1 Å². The standard InChI is InChI=1S/C28H33F2N7O2/c29-27(30)21-7-11-35(12-8-21)17-19-4-5-23-22(15-19)26(34-37(23)25-3-1-2-14-39-25)28-31-10-6-24(33-28)36-18-20(9-13-38)16-32-36/h4-6,10,15-16,18,21,25,27,38H,1-3,7-9,11-14,17H2. The summed E-state index contributed by atoms with van der Waals surface area (Å²) in [5.74, 6) is 0.600. The molecule has 1 N–H and O–H groups in total. The van der Waals surface area contributed by atoms with Gasteiger partial charge in [0.15, 0.2) is 17.9 Å². The fourth-order valence-electron chi connectivity index (χ4n) is 5.54. The van der Waals surface area contributed by atoms with Gasteiger partial charge in [-0.15, -0.1) is 0 Å². The van der Waals surface area contributed by atoms with Crippen LogP contribution in [-0.4, -0.2) is 72.3 Å². The molecule has 0 aliphatic carbocycles. The number of nitrogens with zero attached hydrogens (tertiary/aromatic N) is 7. The van der Waals surface area contributed by atoms with Gasteiger partial charge in [-0.2, -0.15) is 10.2 Å². The van der Waals surface area contributed by atoms with Crippen LogP contribution in [0.5, 0.6) is 0 Å². The van der Waals surface area contributed by atoms with Crippen molar-refractivity contribution in [2.75, 3.05) is 26.3 Å². The molecule has 6 rings (SSSR count). The van der Waals surface area contributed by atoms with Crippen LogP contribution in [0.4, 0.5) is 8.78 Å². The number of hydrogen-bond acceptors (Lipinski definition) is 7. The van der Waals surface area contributed by atoms with E-state index in [9.17, 15) is 13.9 Å². The Morgan fingerprint density at radius 3 is 2.72 bits per heavy atom. The van der Waals surface area contributed by atoms with Crippen molar-refractivity contribution in [2.45, 2.75) is 57.7 Å². The molecule has 0 spiro atoms. The average molecular weight is 538 g/mol. The number of aliphatic hydroxyl groups is 1. The van der Waals surface area contributed by atoms with Crippen LogP contribution in [0.2, 0.25) is 0 Å². The van der Waals surface area contributed by atoms with Crippen LogP contribution in [-0.2, 0) is 17.7 Å². The highest BCUT2D eigenvalue weighted by Crippen LogP contribution is 2.33. The lowest BCUT2D eigenvalue weighted by atomic mass is 9.97. The number of halogens is 2. The fourth-order valence-corrected chi connectivity index (χ4v) is 5.54. The fraction of sp³-hybridized carbons (Fsp3) is 0.500. The lowest BCUT2D eigenvalue weighted by Gasteiger charge is -2.31. The molecule has 206 valence electrons. The molecule has 4 aromatic rings. The zero-order valence-electron chi connectivity index (χ0n) is 21.8. The molecule has 1 aromatic carbocycles. The number of aromatic nitrogens is 6. The number of likely N-dealkylation sites (tertiary alicyclic amines) is 1. The largest absolute Gasteiger partial charge is 0.396 e. The van der Waals surface area contributed by atoms with E-state index in [4.69, 9.17) is 14.8 Å². The van der Waals surface area contributed by atoms with Crippen LogP contribution < -0.4 is 0 Å². The van der Waals surface area contributed by atoms with Crippen LogP contribution >= 0.6 is 0 Å². The molecular formula is C28H33F2N7O2. The molecule has 2 saturated heterocycles. The number of aliphatic hydroxyl groups excluding tert-OH is 1. The Balaban J connectivity index is 1.34. The van der Waals surface area contributed by atoms with Gasteiger partial charge in [-0.25, -0.2) is 28.1 Å². The second-order valence-electron chi connectivity index (χ2n) is 10.4. The first-order valence-electron chi connectivity index (χ1n) is 13.7. The summed E-state index contributed by atoms with van der Waals surface area (Å²) in [6, 6.07) is 8.08. The van der Waals surface area contributed by atoms with Gasteiger partial charge in [0.05, 0.1) is 11.7 Å². The third kappa shape index (κ3) is 5.57. The molecule has 0 amide bonds. The first-order chi connectivity index (χ1) is 19.1. The van der Waals surface area contributed by atoms with E-state index in [1.165, 1.54) is 0 Å². The molecule has 2 fully saturated rings. The Morgan fingerprint density at radius 2 is 1.95 bits per heavy atom. The van der Waals surface area contributed by atoms with Gasteiger partial charge < -0.3 is 9.84 Å². The number of rotatable bonds is 8. The number of alkyl halides is 2. The number of fused-ring (bicyclic) bond motifs is 1. The quantitative estimate of drug-likeness (QED) is 0.356. The zero-order chi connectivity index (χ0) is 26.8. The predicted octanol–water partition coefficient (Wildman–Crippen LogP) is 4.39. The Kier molecular flexibility index (Phi) is 7.62. The molecule has 1 atom stereocenters. The summed E-state index contributed by atoms with van der Waals surface area (Å²) in [5.41, 5.74) is 3.64. The Morgan fingerprint density at radius 1 is 1.08 bits per heavy atom. The molecule has 0 bridgehead atoms. The van der Waals surface area contributed by atoms with Crippen molar-refractivity contribution < 1.29 is 18.6 Å². The topological polar surface area (TPSA) is 94.1 Å². The summed E-state index contributed by atoms with van der Waals surface area (Å²) in [6.45, 7) is 2.79. The molecular weight excluding hydrogens is 504 g/mol. The van der Waals surface area contributed by atoms with E-state index in [-0.39, 0.29) is 12.8 Å². The average Bonchev–Trinajstić information content (AvgIpc) is 3.59. The monoisotopic (exact) mass is 537 g/mol. The van der Waals surface area contributed by atoms with Crippen LogP contribution in [0.1, 0.15) is 49.5 Å². The second kappa shape index (κ2) is 11.4. The highest BCUT2D eigenvalue weighted by atomic mass is 19.3. The number of ether oxygens (including phenoxy) is 1. The molecule has 0 radical (unpaired) electrons. The van der Waals surface area contributed by atoms with Crippen molar-refractivity contribution in [2.24, 2.45) is 5.92 Å². The van der Waals surface area contributed by atoms with E-state index in [1.807, 2.05) is 10.9 Å². The minimum atomic E-state index is -2.24. The van der Waals surface area contributed by atoms with E-state index >= 15 is 0 Å². The second-order valence-corrected chi connectivity index (χ2v) is 10.4. The minimum Gasteiger partial charge on any atom is -0.396 e. The lowest BCUT2D eigenvalue weighted by Crippen LogP contribution is -2.35. The summed E-state index contributed by atoms with van der Waals surface area (Å²) >= 11 is 0. The normalized spacial score (nSPS) is 19.3. The number of piperidine rings is 1. The van der Waals surface area contributed by atoms with Gasteiger partial charge in [0, 0.05) is 49.5 Å². The first kappa shape index (κ1) is 26.0. The molecule has 2 aliphatic rings. The summed E-state index contributed by atoms with van der Waals surface area (Å²) < 4.78 is 35.9. The van der Waals surface area contributed by atoms with Crippen molar-refractivity contribution in [1.29, 1.82) is 0 Å². The number of hydrogen-bond donors (Lipinski definition) is 1. The van der Waals surface area contributed by atoms with E-state index in [0.717, 1.165) is 41.3 Å². The van der Waals surface area contributed by atoms with Gasteiger partial charge in [-0.05, 0) is 74.9 Å². The Bertz CT molecular complexity index is 1410. The van der Waals surface area contributed by atoms with Gasteiger partial charge in [-0.1, -0.05) is 6.07 Å². The van der Waals surface area contributed by atoms with Gasteiger partial charge in [0.2, 0.25) is 6.43 Å². The summed E-state index contributed by atoms with van der Waals surface area (Å²) in [6.07, 6.45) is 7.47. The van der Waals surface area contributed by atoms with Gasteiger partial charge in [0.1, 0.15) is 5.69 Å². The maximum Gasteiger partial charge on any atom is 0.241 e. The van der Waals surface area contributed by atoms with Crippen molar-refractivity contribution in [3.05, 3.63) is 54.0 Å². The number of benzene rings is 1. The van der Waals surface area contributed by atoms with Crippen LogP contribution in [0.15, 0.2) is 42.9 Å². The smallest absolute Gasteiger partial charge is 0.241 e. The van der Waals surface area contributed by atoms with E-state index < -0.39 is 12.3 Å². The summed E-state index contributed by atoms with van der Waals surface area (Å²) in [7, 11) is 0. The summed E-state index contributed by atoms with van der Waals surface area (Å²) in [5, 5.41) is 19.5. The molecule has 1 unspecified atom stereocenters. The zero-order valence-corrected chi connectivity index (χ0v) is 21.8. The molecule has 11 heteroatoms. The maximum absolute atomic E-state index is 13.1. The van der Waals surface area contributed by atoms with Crippen molar-refractivity contribution in [1.82, 2.24) is 34.4 Å². The molecule has 3 aromatic heterocycles. The van der Waals surface area contributed by atoms with Gasteiger partial charge >= 0.3 is 0 Å². The SMILES string of the molecule is OCCc1cnn(-c2ccnc(-c3nn(C4CCCCO4)c4ccc(CN5CCC(C(F)F)CC5)cc34)n2)c1. The highest BCUT2D eigenvalue weighted by molar-refractivity contribution is 5.92.